The highest BCUT2D eigenvalue weighted by molar-refractivity contribution is 7.07. The van der Waals surface area contributed by atoms with Crippen molar-refractivity contribution in [2.45, 2.75) is 46.2 Å². The van der Waals surface area contributed by atoms with Gasteiger partial charge in [0.15, 0.2) is 5.57 Å². The largest absolute Gasteiger partial charge is 0.360 e. The second-order valence-corrected chi connectivity index (χ2v) is 10.1. The number of likely N-dealkylation sites (tertiary alicyclic amines) is 1. The van der Waals surface area contributed by atoms with Gasteiger partial charge in [-0.3, -0.25) is 14.2 Å². The molecular weight excluding hydrogens is 486 g/mol. The fourth-order valence-electron chi connectivity index (χ4n) is 4.88. The number of amides is 1. The van der Waals surface area contributed by atoms with Gasteiger partial charge in [0.2, 0.25) is 0 Å². The normalized spacial score (nSPS) is 15.9. The molecule has 10 heteroatoms. The predicted octanol–water partition coefficient (Wildman–Crippen LogP) is 2.01. The van der Waals surface area contributed by atoms with Crippen LogP contribution in [0.1, 0.15) is 38.3 Å². The maximum atomic E-state index is 13.0. The quantitative estimate of drug-likeness (QED) is 0.463. The summed E-state index contributed by atoms with van der Waals surface area (Å²) in [5.74, 6) is -0.669. The smallest absolute Gasteiger partial charge is 0.270 e. The molecule has 2 aromatic heterocycles. The highest BCUT2D eigenvalue weighted by Crippen LogP contribution is 2.31. The Hall–Kier alpha value is -3.86. The van der Waals surface area contributed by atoms with Crippen LogP contribution in [0.5, 0.6) is 0 Å². The van der Waals surface area contributed by atoms with Crippen LogP contribution >= 0.6 is 11.3 Å². The zero-order valence-corrected chi connectivity index (χ0v) is 22.2. The van der Waals surface area contributed by atoms with Gasteiger partial charge in [0, 0.05) is 54.7 Å². The van der Waals surface area contributed by atoms with E-state index < -0.39 is 5.91 Å². The highest BCUT2D eigenvalue weighted by Gasteiger charge is 2.21. The molecule has 0 atom stereocenters. The number of thiazole rings is 1. The Balaban J connectivity index is 1.65. The van der Waals surface area contributed by atoms with E-state index in [0.29, 0.717) is 17.1 Å². The summed E-state index contributed by atoms with van der Waals surface area (Å²) >= 11 is 1.08. The number of benzene rings is 1. The molecule has 9 nitrogen and oxygen atoms in total. The van der Waals surface area contributed by atoms with Crippen LogP contribution in [0, 0.1) is 29.6 Å². The molecule has 1 aliphatic heterocycles. The van der Waals surface area contributed by atoms with E-state index in [9.17, 15) is 14.9 Å². The van der Waals surface area contributed by atoms with Gasteiger partial charge in [0.05, 0.1) is 6.07 Å². The molecule has 1 aromatic carbocycles. The molecule has 0 radical (unpaired) electrons. The standard InChI is InChI=1S/C27H31N7O2S/c1-4-32-12-8-20(9-13-32)34-17-18(3)21-14-19(6-7-23(21)34)31-16-24-26(36)33(5-2)27(37-24)22(15-29)25(35)30-11-10-28/h6-7,14,16-17,20,31H,4-5,8-9,11-13H2,1-3H3,(H,30,35)/b24-16-,27-22+. The number of piperidine rings is 1. The first-order chi connectivity index (χ1) is 17.9. The van der Waals surface area contributed by atoms with Crippen LogP contribution in [0.25, 0.3) is 22.7 Å². The molecular formula is C27H31N7O2S. The topological polar surface area (TPSA) is 119 Å². The van der Waals surface area contributed by atoms with Crippen molar-refractivity contribution in [2.24, 2.45) is 0 Å². The van der Waals surface area contributed by atoms with Crippen LogP contribution in [0.4, 0.5) is 5.69 Å². The SMILES string of the molecule is CCN1CCC(n2cc(C)c3cc(N/C=c4\s/c(=C(\C#N)C(=O)NCC#N)n(CC)c4=O)ccc32)CC1. The molecule has 1 fully saturated rings. The van der Waals surface area contributed by atoms with Crippen molar-refractivity contribution in [2.75, 3.05) is 31.5 Å². The minimum atomic E-state index is -0.669. The third-order valence-electron chi connectivity index (χ3n) is 6.90. The summed E-state index contributed by atoms with van der Waals surface area (Å²) in [6.07, 6.45) is 6.16. The van der Waals surface area contributed by atoms with E-state index in [4.69, 9.17) is 5.26 Å². The molecule has 0 spiro atoms. The van der Waals surface area contributed by atoms with Gasteiger partial charge in [-0.1, -0.05) is 6.92 Å². The number of hydrogen-bond acceptors (Lipinski definition) is 7. The maximum absolute atomic E-state index is 13.0. The van der Waals surface area contributed by atoms with Gasteiger partial charge in [-0.2, -0.15) is 10.5 Å². The second kappa shape index (κ2) is 11.5. The van der Waals surface area contributed by atoms with Crippen molar-refractivity contribution in [1.82, 2.24) is 19.4 Å². The van der Waals surface area contributed by atoms with E-state index in [1.54, 1.807) is 13.1 Å². The number of aryl methyl sites for hydroxylation is 1. The monoisotopic (exact) mass is 517 g/mol. The lowest BCUT2D eigenvalue weighted by molar-refractivity contribution is -0.115. The van der Waals surface area contributed by atoms with Crippen molar-refractivity contribution in [1.29, 1.82) is 10.5 Å². The summed E-state index contributed by atoms with van der Waals surface area (Å²) in [6.45, 7) is 9.56. The molecule has 3 aromatic rings. The van der Waals surface area contributed by atoms with Gasteiger partial charge in [0.25, 0.3) is 11.5 Å². The predicted molar refractivity (Wildman–Crippen MR) is 146 cm³/mol. The van der Waals surface area contributed by atoms with Crippen LogP contribution in [0.15, 0.2) is 29.2 Å². The molecule has 4 rings (SSSR count). The lowest BCUT2D eigenvalue weighted by Crippen LogP contribution is -2.34. The number of nitrogens with one attached hydrogen (secondary N) is 2. The van der Waals surface area contributed by atoms with E-state index >= 15 is 0 Å². The minimum Gasteiger partial charge on any atom is -0.360 e. The van der Waals surface area contributed by atoms with E-state index in [1.165, 1.54) is 21.0 Å². The Labute approximate surface area is 219 Å². The average molecular weight is 518 g/mol. The molecule has 1 aliphatic rings. The number of hydrogen-bond donors (Lipinski definition) is 2. The van der Waals surface area contributed by atoms with E-state index in [0.717, 1.165) is 49.5 Å². The second-order valence-electron chi connectivity index (χ2n) is 9.05. The number of carbonyl (C=O) groups is 1. The molecule has 192 valence electrons. The summed E-state index contributed by atoms with van der Waals surface area (Å²) in [5, 5.41) is 25.0. The summed E-state index contributed by atoms with van der Waals surface area (Å²) in [6, 6.07) is 10.4. The number of fused-ring (bicyclic) bond motifs is 1. The first-order valence-corrected chi connectivity index (χ1v) is 13.3. The number of rotatable bonds is 7. The lowest BCUT2D eigenvalue weighted by atomic mass is 10.0. The maximum Gasteiger partial charge on any atom is 0.270 e. The summed E-state index contributed by atoms with van der Waals surface area (Å²) in [7, 11) is 0. The van der Waals surface area contributed by atoms with Gasteiger partial charge in [-0.25, -0.2) is 0 Å². The van der Waals surface area contributed by atoms with Crippen molar-refractivity contribution in [3.05, 3.63) is 49.5 Å². The molecule has 0 bridgehead atoms. The molecule has 3 heterocycles. The van der Waals surface area contributed by atoms with Crippen LogP contribution in [-0.4, -0.2) is 46.1 Å². The minimum absolute atomic E-state index is 0.179. The Morgan fingerprint density at radius 3 is 2.62 bits per heavy atom. The number of carbonyl (C=O) groups excluding carboxylic acids is 1. The average Bonchev–Trinajstić information content (AvgIpc) is 3.42. The Morgan fingerprint density at radius 2 is 1.97 bits per heavy atom. The fraction of sp³-hybridized carbons (Fsp3) is 0.407. The highest BCUT2D eigenvalue weighted by atomic mass is 32.1. The van der Waals surface area contributed by atoms with Crippen LogP contribution in [0.3, 0.4) is 0 Å². The molecule has 37 heavy (non-hydrogen) atoms. The summed E-state index contributed by atoms with van der Waals surface area (Å²) in [4.78, 5) is 27.8. The number of aromatic nitrogens is 2. The number of nitriles is 2. The molecule has 0 saturated carbocycles. The Bertz CT molecular complexity index is 1570. The molecule has 0 aliphatic carbocycles. The molecule has 1 amide bonds. The number of anilines is 1. The van der Waals surface area contributed by atoms with Gasteiger partial charge < -0.3 is 20.1 Å². The zero-order chi connectivity index (χ0) is 26.5. The van der Waals surface area contributed by atoms with Crippen LogP contribution < -0.4 is 25.4 Å². The van der Waals surface area contributed by atoms with E-state index in [1.807, 2.05) is 18.2 Å². The molecule has 0 unspecified atom stereocenters. The lowest BCUT2D eigenvalue weighted by Gasteiger charge is -2.32. The van der Waals surface area contributed by atoms with Crippen molar-refractivity contribution < 1.29 is 4.79 Å². The van der Waals surface area contributed by atoms with Gasteiger partial charge in [0.1, 0.15) is 21.8 Å². The summed E-state index contributed by atoms with van der Waals surface area (Å²) in [5.41, 5.74) is 2.81. The summed E-state index contributed by atoms with van der Waals surface area (Å²) < 4.78 is 4.47. The first kappa shape index (κ1) is 26.2. The van der Waals surface area contributed by atoms with Crippen molar-refractivity contribution >= 4 is 45.6 Å². The van der Waals surface area contributed by atoms with E-state index in [-0.39, 0.29) is 22.3 Å². The zero-order valence-electron chi connectivity index (χ0n) is 21.4. The fourth-order valence-corrected chi connectivity index (χ4v) is 5.96. The van der Waals surface area contributed by atoms with Crippen LogP contribution in [-0.2, 0) is 11.3 Å². The molecule has 2 N–H and O–H groups in total. The van der Waals surface area contributed by atoms with Crippen molar-refractivity contribution in [3.63, 3.8) is 0 Å². The molecule has 1 saturated heterocycles. The van der Waals surface area contributed by atoms with Crippen LogP contribution in [0.2, 0.25) is 0 Å². The third-order valence-corrected chi connectivity index (χ3v) is 8.03. The van der Waals surface area contributed by atoms with Gasteiger partial charge in [-0.15, -0.1) is 11.3 Å². The Morgan fingerprint density at radius 1 is 1.22 bits per heavy atom. The first-order valence-electron chi connectivity index (χ1n) is 12.5. The van der Waals surface area contributed by atoms with Crippen molar-refractivity contribution in [3.8, 4) is 12.1 Å². The van der Waals surface area contributed by atoms with Gasteiger partial charge >= 0.3 is 0 Å². The van der Waals surface area contributed by atoms with E-state index in [2.05, 4.69) is 52.3 Å². The van der Waals surface area contributed by atoms with Gasteiger partial charge in [-0.05, 0) is 57.0 Å². The number of nitrogens with zero attached hydrogens (tertiary/aromatic N) is 5. The third kappa shape index (κ3) is 5.31. The Kier molecular flexibility index (Phi) is 8.12.